The van der Waals surface area contributed by atoms with Crippen LogP contribution in [0.1, 0.15) is 38.4 Å². The van der Waals surface area contributed by atoms with Gasteiger partial charge in [-0.1, -0.05) is 26.8 Å². The minimum atomic E-state index is -0.307. The summed E-state index contributed by atoms with van der Waals surface area (Å²) in [7, 11) is 1.72. The van der Waals surface area contributed by atoms with Crippen molar-refractivity contribution >= 4 is 41.3 Å². The van der Waals surface area contributed by atoms with Gasteiger partial charge in [0.15, 0.2) is 5.96 Å². The Balaban J connectivity index is 0.00000364. The monoisotopic (exact) mass is 506 g/mol. The Morgan fingerprint density at radius 2 is 2.07 bits per heavy atom. The van der Waals surface area contributed by atoms with Gasteiger partial charge in [-0.05, 0) is 19.1 Å². The van der Waals surface area contributed by atoms with Gasteiger partial charge in [0, 0.05) is 23.9 Å². The molecule has 0 aliphatic carbocycles. The number of nitrogens with one attached hydrogen (secondary N) is 2. The summed E-state index contributed by atoms with van der Waals surface area (Å²) in [5.74, 6) is 0.880. The molecule has 2 rings (SSSR count). The van der Waals surface area contributed by atoms with Gasteiger partial charge in [-0.25, -0.2) is 9.37 Å². The quantitative estimate of drug-likeness (QED) is 0.348. The van der Waals surface area contributed by atoms with E-state index >= 15 is 0 Å². The van der Waals surface area contributed by atoms with E-state index in [-0.39, 0.29) is 41.3 Å². The molecule has 27 heavy (non-hydrogen) atoms. The van der Waals surface area contributed by atoms with Crippen LogP contribution in [0, 0.1) is 5.82 Å². The molecule has 0 aliphatic rings. The predicted molar refractivity (Wildman–Crippen MR) is 121 cm³/mol. The fraction of sp³-hybridized carbons (Fsp3) is 0.474. The second-order valence-electron chi connectivity index (χ2n) is 7.07. The second kappa shape index (κ2) is 10.8. The van der Waals surface area contributed by atoms with E-state index in [2.05, 4.69) is 46.8 Å². The maximum absolute atomic E-state index is 13.2. The number of hydrogen-bond donors (Lipinski definition) is 2. The molecular weight excluding hydrogens is 478 g/mol. The van der Waals surface area contributed by atoms with Crippen LogP contribution in [-0.2, 0) is 12.0 Å². The van der Waals surface area contributed by atoms with Crippen molar-refractivity contribution in [1.82, 2.24) is 15.6 Å². The number of nitrogens with zero attached hydrogens (tertiary/aromatic N) is 2. The maximum Gasteiger partial charge on any atom is 0.191 e. The van der Waals surface area contributed by atoms with Crippen molar-refractivity contribution < 1.29 is 9.13 Å². The van der Waals surface area contributed by atoms with Crippen LogP contribution >= 0.6 is 35.3 Å². The molecule has 0 aliphatic heterocycles. The average Bonchev–Trinajstić information content (AvgIpc) is 3.04. The number of aliphatic imine (C=N–C) groups is 1. The third kappa shape index (κ3) is 8.00. The van der Waals surface area contributed by atoms with Gasteiger partial charge >= 0.3 is 0 Å². The Morgan fingerprint density at radius 3 is 2.67 bits per heavy atom. The summed E-state index contributed by atoms with van der Waals surface area (Å²) in [6.07, 6.45) is -0.136. The van der Waals surface area contributed by atoms with Crippen molar-refractivity contribution in [2.75, 3.05) is 13.6 Å². The lowest BCUT2D eigenvalue weighted by Crippen LogP contribution is -2.41. The highest BCUT2D eigenvalue weighted by molar-refractivity contribution is 14.0. The Bertz CT molecular complexity index is 745. The molecule has 8 heteroatoms. The van der Waals surface area contributed by atoms with E-state index in [9.17, 15) is 4.39 Å². The van der Waals surface area contributed by atoms with E-state index in [1.54, 1.807) is 30.5 Å². The zero-order valence-electron chi connectivity index (χ0n) is 16.4. The predicted octanol–water partition coefficient (Wildman–Crippen LogP) is 4.33. The first-order valence-corrected chi connectivity index (χ1v) is 9.47. The number of thiazole rings is 1. The highest BCUT2D eigenvalue weighted by atomic mass is 127. The van der Waals surface area contributed by atoms with E-state index in [0.29, 0.717) is 24.8 Å². The Hall–Kier alpha value is -1.42. The number of aromatic nitrogens is 1. The highest BCUT2D eigenvalue weighted by Crippen LogP contribution is 2.23. The molecule has 150 valence electrons. The van der Waals surface area contributed by atoms with Crippen molar-refractivity contribution in [3.63, 3.8) is 0 Å². The Kier molecular flexibility index (Phi) is 9.44. The summed E-state index contributed by atoms with van der Waals surface area (Å²) in [5, 5.41) is 9.57. The van der Waals surface area contributed by atoms with E-state index < -0.39 is 0 Å². The average molecular weight is 506 g/mol. The third-order valence-corrected chi connectivity index (χ3v) is 4.49. The lowest BCUT2D eigenvalue weighted by atomic mass is 9.93. The molecule has 1 atom stereocenters. The van der Waals surface area contributed by atoms with Gasteiger partial charge in [0.05, 0.1) is 18.8 Å². The van der Waals surface area contributed by atoms with Crippen LogP contribution < -0.4 is 15.4 Å². The van der Waals surface area contributed by atoms with E-state index in [0.717, 1.165) is 10.7 Å². The molecule has 1 heterocycles. The molecule has 1 unspecified atom stereocenters. The number of ether oxygens (including phenoxy) is 1. The molecule has 1 aromatic heterocycles. The van der Waals surface area contributed by atoms with Gasteiger partial charge < -0.3 is 15.4 Å². The van der Waals surface area contributed by atoms with E-state index in [1.807, 2.05) is 6.92 Å². The van der Waals surface area contributed by atoms with Crippen LogP contribution in [0.2, 0.25) is 0 Å². The fourth-order valence-electron chi connectivity index (χ4n) is 2.17. The first-order valence-electron chi connectivity index (χ1n) is 8.59. The van der Waals surface area contributed by atoms with Gasteiger partial charge in [-0.15, -0.1) is 35.3 Å². The van der Waals surface area contributed by atoms with E-state index in [4.69, 9.17) is 4.74 Å². The zero-order chi connectivity index (χ0) is 19.2. The summed E-state index contributed by atoms with van der Waals surface area (Å²) in [4.78, 5) is 8.87. The number of benzene rings is 1. The van der Waals surface area contributed by atoms with Gasteiger partial charge in [0.1, 0.15) is 22.7 Å². The number of rotatable bonds is 6. The summed E-state index contributed by atoms with van der Waals surface area (Å²) in [6.45, 7) is 9.53. The number of guanidine groups is 1. The maximum atomic E-state index is 13.2. The minimum absolute atomic E-state index is 0. The second-order valence-corrected chi connectivity index (χ2v) is 8.01. The van der Waals surface area contributed by atoms with Crippen LogP contribution in [0.15, 0.2) is 34.6 Å². The standard InChI is InChI=1S/C19H27FN4OS.HI/c1-13(25-15-8-6-7-14(20)9-15)10-22-18(21-5)23-11-17-24-16(12-26-17)19(2,3)4;/h6-9,12-13H,10-11H2,1-5H3,(H2,21,22,23);1H. The Morgan fingerprint density at radius 1 is 1.33 bits per heavy atom. The van der Waals surface area contributed by atoms with Crippen LogP contribution in [0.4, 0.5) is 4.39 Å². The zero-order valence-corrected chi connectivity index (χ0v) is 19.5. The molecule has 0 amide bonds. The van der Waals surface area contributed by atoms with Gasteiger partial charge in [-0.2, -0.15) is 0 Å². The van der Waals surface area contributed by atoms with Crippen LogP contribution in [0.25, 0.3) is 0 Å². The smallest absolute Gasteiger partial charge is 0.191 e. The van der Waals surface area contributed by atoms with E-state index in [1.165, 1.54) is 12.1 Å². The summed E-state index contributed by atoms with van der Waals surface area (Å²) < 4.78 is 18.9. The van der Waals surface area contributed by atoms with Crippen molar-refractivity contribution in [2.24, 2.45) is 4.99 Å². The summed E-state index contributed by atoms with van der Waals surface area (Å²) in [5.41, 5.74) is 1.15. The molecule has 2 aromatic rings. The molecule has 0 bridgehead atoms. The van der Waals surface area contributed by atoms with Crippen LogP contribution in [0.3, 0.4) is 0 Å². The Labute approximate surface area is 181 Å². The van der Waals surface area contributed by atoms with Gasteiger partial charge in [0.2, 0.25) is 0 Å². The fourth-order valence-corrected chi connectivity index (χ4v) is 3.13. The lowest BCUT2D eigenvalue weighted by Gasteiger charge is -2.17. The molecular formula is C19H28FIN4OS. The number of halogens is 2. The largest absolute Gasteiger partial charge is 0.489 e. The first kappa shape index (κ1) is 23.6. The molecule has 5 nitrogen and oxygen atoms in total. The summed E-state index contributed by atoms with van der Waals surface area (Å²) in [6, 6.07) is 6.14. The van der Waals surface area contributed by atoms with Gasteiger partial charge in [0.25, 0.3) is 0 Å². The highest BCUT2D eigenvalue weighted by Gasteiger charge is 2.17. The molecule has 2 N–H and O–H groups in total. The summed E-state index contributed by atoms with van der Waals surface area (Å²) >= 11 is 1.64. The van der Waals surface area contributed by atoms with Crippen LogP contribution in [-0.4, -0.2) is 30.6 Å². The molecule has 0 saturated heterocycles. The lowest BCUT2D eigenvalue weighted by molar-refractivity contribution is 0.223. The molecule has 1 aromatic carbocycles. The minimum Gasteiger partial charge on any atom is -0.489 e. The van der Waals surface area contributed by atoms with Crippen molar-refractivity contribution in [3.05, 3.63) is 46.2 Å². The first-order chi connectivity index (χ1) is 12.3. The van der Waals surface area contributed by atoms with Gasteiger partial charge in [-0.3, -0.25) is 4.99 Å². The van der Waals surface area contributed by atoms with Crippen molar-refractivity contribution in [3.8, 4) is 5.75 Å². The van der Waals surface area contributed by atoms with Crippen molar-refractivity contribution in [2.45, 2.75) is 45.8 Å². The molecule has 0 saturated carbocycles. The molecule has 0 spiro atoms. The third-order valence-electron chi connectivity index (χ3n) is 3.64. The SMILES string of the molecule is CN=C(NCc1nc(C(C)(C)C)cs1)NCC(C)Oc1cccc(F)c1.I. The van der Waals surface area contributed by atoms with Crippen LogP contribution in [0.5, 0.6) is 5.75 Å². The number of hydrogen-bond acceptors (Lipinski definition) is 4. The van der Waals surface area contributed by atoms with Crippen molar-refractivity contribution in [1.29, 1.82) is 0 Å². The normalized spacial score (nSPS) is 12.9. The topological polar surface area (TPSA) is 58.5 Å². The molecule has 0 fully saturated rings. The molecule has 0 radical (unpaired) electrons.